The van der Waals surface area contributed by atoms with Crippen LogP contribution in [-0.4, -0.2) is 24.6 Å². The van der Waals surface area contributed by atoms with E-state index in [4.69, 9.17) is 0 Å². The van der Waals surface area contributed by atoms with Crippen molar-refractivity contribution in [1.82, 2.24) is 5.32 Å². The van der Waals surface area contributed by atoms with Gasteiger partial charge in [-0.05, 0) is 14.0 Å². The van der Waals surface area contributed by atoms with E-state index in [1.54, 1.807) is 14.0 Å². The average molecular weight is 133 g/mol. The summed E-state index contributed by atoms with van der Waals surface area (Å²) in [5, 5.41) is 2.83. The van der Waals surface area contributed by atoms with E-state index in [2.05, 4.69) is 17.9 Å². The van der Waals surface area contributed by atoms with Crippen LogP contribution in [0.5, 0.6) is 0 Å². The highest BCUT2D eigenvalue weighted by Crippen LogP contribution is 1.86. The van der Waals surface area contributed by atoms with E-state index in [-0.39, 0.29) is 11.8 Å². The van der Waals surface area contributed by atoms with Gasteiger partial charge in [0.2, 0.25) is 0 Å². The van der Waals surface area contributed by atoms with Gasteiger partial charge >= 0.3 is 0 Å². The van der Waals surface area contributed by atoms with Crippen LogP contribution in [-0.2, 0) is 4.79 Å². The fraction of sp³-hybridized carbons (Fsp3) is 0.800. The third kappa shape index (κ3) is 2.33. The molecule has 48 valence electrons. The van der Waals surface area contributed by atoms with Crippen molar-refractivity contribution in [3.05, 3.63) is 0 Å². The first kappa shape index (κ1) is 7.98. The maximum absolute atomic E-state index is 10.5. The first-order valence-corrected chi connectivity index (χ1v) is 3.14. The summed E-state index contributed by atoms with van der Waals surface area (Å²) in [5.74, 6) is 0.716. The van der Waals surface area contributed by atoms with Gasteiger partial charge in [-0.25, -0.2) is 0 Å². The van der Waals surface area contributed by atoms with E-state index in [9.17, 15) is 4.79 Å². The Hall–Kier alpha value is -0.0200. The van der Waals surface area contributed by atoms with E-state index in [1.807, 2.05) is 0 Å². The lowest BCUT2D eigenvalue weighted by Gasteiger charge is -2.06. The molecule has 0 saturated heterocycles. The Morgan fingerprint density at radius 2 is 2.38 bits per heavy atom. The van der Waals surface area contributed by atoms with E-state index in [0.29, 0.717) is 5.75 Å². The van der Waals surface area contributed by atoms with Gasteiger partial charge in [-0.15, -0.1) is 0 Å². The summed E-state index contributed by atoms with van der Waals surface area (Å²) in [6, 6.07) is -0.0710. The van der Waals surface area contributed by atoms with Crippen LogP contribution in [0.4, 0.5) is 0 Å². The number of likely N-dealkylation sites (N-methyl/N-ethyl adjacent to an activating group) is 1. The molecule has 2 nitrogen and oxygen atoms in total. The molecule has 3 heteroatoms. The summed E-state index contributed by atoms with van der Waals surface area (Å²) in [6.07, 6.45) is 0. The molecule has 0 spiro atoms. The molecule has 0 heterocycles. The normalized spacial score (nSPS) is 13.4. The predicted molar refractivity (Wildman–Crippen MR) is 37.4 cm³/mol. The summed E-state index contributed by atoms with van der Waals surface area (Å²) in [6.45, 7) is 1.55. The monoisotopic (exact) mass is 133 g/mol. The fourth-order valence-corrected chi connectivity index (χ4v) is 0.863. The van der Waals surface area contributed by atoms with Gasteiger partial charge in [0.05, 0.1) is 6.04 Å². The van der Waals surface area contributed by atoms with Crippen LogP contribution >= 0.6 is 12.6 Å². The number of hydrogen-bond donors (Lipinski definition) is 2. The maximum Gasteiger partial charge on any atom is 0.147 e. The second kappa shape index (κ2) is 3.92. The lowest BCUT2D eigenvalue weighted by molar-refractivity contribution is -0.118. The minimum atomic E-state index is -0.0710. The second-order valence-electron chi connectivity index (χ2n) is 1.63. The number of rotatable bonds is 3. The van der Waals surface area contributed by atoms with Gasteiger partial charge in [0.15, 0.2) is 0 Å². The first-order chi connectivity index (χ1) is 3.72. The van der Waals surface area contributed by atoms with Crippen LogP contribution in [0.1, 0.15) is 6.92 Å². The number of carbonyl (C=O) groups is 1. The largest absolute Gasteiger partial charge is 0.310 e. The minimum absolute atomic E-state index is 0.0710. The summed E-state index contributed by atoms with van der Waals surface area (Å²) < 4.78 is 0. The summed E-state index contributed by atoms with van der Waals surface area (Å²) in [7, 11) is 1.75. The SMILES string of the molecule is CN[C@H](CS)C(C)=O. The van der Waals surface area contributed by atoms with Crippen molar-refractivity contribution in [3.8, 4) is 0 Å². The van der Waals surface area contributed by atoms with E-state index in [1.165, 1.54) is 0 Å². The van der Waals surface area contributed by atoms with Crippen molar-refractivity contribution in [2.45, 2.75) is 13.0 Å². The number of nitrogens with one attached hydrogen (secondary N) is 1. The fourth-order valence-electron chi connectivity index (χ4n) is 0.423. The Labute approximate surface area is 55.1 Å². The quantitative estimate of drug-likeness (QED) is 0.534. The van der Waals surface area contributed by atoms with Gasteiger partial charge in [-0.1, -0.05) is 0 Å². The lowest BCUT2D eigenvalue weighted by atomic mass is 10.2. The van der Waals surface area contributed by atoms with Crippen molar-refractivity contribution < 1.29 is 4.79 Å². The van der Waals surface area contributed by atoms with E-state index < -0.39 is 0 Å². The molecule has 0 unspecified atom stereocenters. The molecule has 0 amide bonds. The van der Waals surface area contributed by atoms with Gasteiger partial charge in [0.25, 0.3) is 0 Å². The molecular formula is C5H11NOS. The molecule has 0 aromatic heterocycles. The minimum Gasteiger partial charge on any atom is -0.310 e. The Morgan fingerprint density at radius 1 is 1.88 bits per heavy atom. The molecule has 0 radical (unpaired) electrons. The molecule has 0 aliphatic heterocycles. The third-order valence-electron chi connectivity index (χ3n) is 1.02. The van der Waals surface area contributed by atoms with Crippen LogP contribution < -0.4 is 5.32 Å². The summed E-state index contributed by atoms with van der Waals surface area (Å²) in [5.41, 5.74) is 0. The zero-order valence-electron chi connectivity index (χ0n) is 5.14. The van der Waals surface area contributed by atoms with Gasteiger partial charge in [-0.3, -0.25) is 4.79 Å². The number of ketones is 1. The molecule has 0 bridgehead atoms. The standard InChI is InChI=1S/C5H11NOS/c1-4(7)5(3-8)6-2/h5-6,8H,3H2,1-2H3/t5-/m1/s1. The zero-order chi connectivity index (χ0) is 6.57. The third-order valence-corrected chi connectivity index (χ3v) is 1.39. The topological polar surface area (TPSA) is 29.1 Å². The van der Waals surface area contributed by atoms with Gasteiger partial charge in [0, 0.05) is 5.75 Å². The van der Waals surface area contributed by atoms with E-state index in [0.717, 1.165) is 0 Å². The van der Waals surface area contributed by atoms with Crippen LogP contribution in [0.25, 0.3) is 0 Å². The molecule has 1 atom stereocenters. The molecule has 0 saturated carbocycles. The zero-order valence-corrected chi connectivity index (χ0v) is 6.03. The van der Waals surface area contributed by atoms with Crippen LogP contribution in [0, 0.1) is 0 Å². The van der Waals surface area contributed by atoms with Crippen LogP contribution in [0.2, 0.25) is 0 Å². The van der Waals surface area contributed by atoms with Gasteiger partial charge in [-0.2, -0.15) is 12.6 Å². The Balaban J connectivity index is 3.52. The molecule has 0 aromatic carbocycles. The number of thiol groups is 1. The average Bonchev–Trinajstić information content (AvgIpc) is 1.69. The van der Waals surface area contributed by atoms with Crippen molar-refractivity contribution in [3.63, 3.8) is 0 Å². The lowest BCUT2D eigenvalue weighted by Crippen LogP contribution is -2.33. The highest BCUT2D eigenvalue weighted by molar-refractivity contribution is 7.80. The first-order valence-electron chi connectivity index (χ1n) is 2.51. The molecule has 0 aliphatic carbocycles. The van der Waals surface area contributed by atoms with Crippen LogP contribution in [0.15, 0.2) is 0 Å². The van der Waals surface area contributed by atoms with Crippen molar-refractivity contribution in [2.75, 3.05) is 12.8 Å². The maximum atomic E-state index is 10.5. The molecule has 1 N–H and O–H groups in total. The number of carbonyl (C=O) groups excluding carboxylic acids is 1. The Morgan fingerprint density at radius 3 is 2.38 bits per heavy atom. The Kier molecular flexibility index (Phi) is 3.91. The van der Waals surface area contributed by atoms with Gasteiger partial charge in [0.1, 0.15) is 5.78 Å². The number of hydrogen-bond acceptors (Lipinski definition) is 3. The molecule has 0 rings (SSSR count). The molecule has 0 aliphatic rings. The predicted octanol–water partition coefficient (Wildman–Crippen LogP) is 0.0932. The second-order valence-corrected chi connectivity index (χ2v) is 2.00. The summed E-state index contributed by atoms with van der Waals surface area (Å²) >= 11 is 3.95. The number of Topliss-reactive ketones (excluding diaryl/α,β-unsaturated/α-hetero) is 1. The van der Waals surface area contributed by atoms with Crippen molar-refractivity contribution >= 4 is 18.4 Å². The van der Waals surface area contributed by atoms with E-state index >= 15 is 0 Å². The molecule has 0 aromatic rings. The van der Waals surface area contributed by atoms with Crippen LogP contribution in [0.3, 0.4) is 0 Å². The molecule has 0 fully saturated rings. The highest BCUT2D eigenvalue weighted by atomic mass is 32.1. The highest BCUT2D eigenvalue weighted by Gasteiger charge is 2.06. The summed E-state index contributed by atoms with van der Waals surface area (Å²) in [4.78, 5) is 10.5. The van der Waals surface area contributed by atoms with Crippen molar-refractivity contribution in [1.29, 1.82) is 0 Å². The molecular weight excluding hydrogens is 122 g/mol. The van der Waals surface area contributed by atoms with Crippen molar-refractivity contribution in [2.24, 2.45) is 0 Å². The Bertz CT molecular complexity index is 80.5. The molecule has 8 heavy (non-hydrogen) atoms. The van der Waals surface area contributed by atoms with Gasteiger partial charge < -0.3 is 5.32 Å². The smallest absolute Gasteiger partial charge is 0.147 e.